The number of hydrogen-bond donors (Lipinski definition) is 1. The molecule has 0 radical (unpaired) electrons. The number of carbonyl (C=O) groups is 2. The van der Waals surface area contributed by atoms with E-state index >= 15 is 0 Å². The summed E-state index contributed by atoms with van der Waals surface area (Å²) >= 11 is 12.0. The van der Waals surface area contributed by atoms with Gasteiger partial charge in [0.2, 0.25) is 5.91 Å². The standard InChI is InChI=1S/C14H15Cl2NO3/c1-17(9-3-6-14(19)20)13(18)8-7-10-11(15)4-2-5-12(10)16/h2,4-5,7-8H,3,6,9H2,1H3,(H,19,20)/b8-7+. The number of carbonyl (C=O) groups excluding carboxylic acids is 1. The van der Waals surface area contributed by atoms with Gasteiger partial charge in [0.1, 0.15) is 0 Å². The van der Waals surface area contributed by atoms with Gasteiger partial charge >= 0.3 is 5.97 Å². The molecule has 0 saturated heterocycles. The Labute approximate surface area is 127 Å². The molecule has 0 aromatic heterocycles. The molecule has 1 amide bonds. The number of aliphatic carboxylic acids is 1. The van der Waals surface area contributed by atoms with Gasteiger partial charge < -0.3 is 10.0 Å². The van der Waals surface area contributed by atoms with Crippen molar-refractivity contribution in [1.82, 2.24) is 4.90 Å². The number of rotatable bonds is 6. The number of nitrogens with zero attached hydrogens (tertiary/aromatic N) is 1. The van der Waals surface area contributed by atoms with Crippen molar-refractivity contribution in [1.29, 1.82) is 0 Å². The van der Waals surface area contributed by atoms with Crippen molar-refractivity contribution < 1.29 is 14.7 Å². The van der Waals surface area contributed by atoms with Gasteiger partial charge in [-0.1, -0.05) is 29.3 Å². The van der Waals surface area contributed by atoms with Gasteiger partial charge in [0.25, 0.3) is 0 Å². The van der Waals surface area contributed by atoms with Gasteiger partial charge in [-0.3, -0.25) is 9.59 Å². The maximum absolute atomic E-state index is 11.8. The third-order valence-electron chi connectivity index (χ3n) is 2.65. The van der Waals surface area contributed by atoms with Crippen molar-refractivity contribution in [2.24, 2.45) is 0 Å². The van der Waals surface area contributed by atoms with Gasteiger partial charge in [-0.25, -0.2) is 0 Å². The van der Waals surface area contributed by atoms with Gasteiger partial charge in [0, 0.05) is 41.7 Å². The number of amides is 1. The zero-order valence-electron chi connectivity index (χ0n) is 11.0. The third kappa shape index (κ3) is 5.23. The first-order valence-electron chi connectivity index (χ1n) is 6.01. The third-order valence-corrected chi connectivity index (χ3v) is 3.31. The smallest absolute Gasteiger partial charge is 0.303 e. The Morgan fingerprint density at radius 3 is 2.45 bits per heavy atom. The molecule has 0 aliphatic heterocycles. The van der Waals surface area contributed by atoms with Crippen LogP contribution in [-0.4, -0.2) is 35.5 Å². The topological polar surface area (TPSA) is 57.6 Å². The van der Waals surface area contributed by atoms with Crippen LogP contribution in [0.3, 0.4) is 0 Å². The SMILES string of the molecule is CN(CCCC(=O)O)C(=O)/C=C/c1c(Cl)cccc1Cl. The number of halogens is 2. The number of carboxylic acid groups (broad SMARTS) is 1. The maximum Gasteiger partial charge on any atom is 0.303 e. The van der Waals surface area contributed by atoms with Crippen molar-refractivity contribution >= 4 is 41.2 Å². The summed E-state index contributed by atoms with van der Waals surface area (Å²) in [4.78, 5) is 23.7. The highest BCUT2D eigenvalue weighted by Crippen LogP contribution is 2.25. The normalized spacial score (nSPS) is 10.8. The summed E-state index contributed by atoms with van der Waals surface area (Å²) in [5, 5.41) is 9.47. The van der Waals surface area contributed by atoms with Crippen LogP contribution in [0.25, 0.3) is 6.08 Å². The summed E-state index contributed by atoms with van der Waals surface area (Å²) in [6, 6.07) is 5.10. The highest BCUT2D eigenvalue weighted by molar-refractivity contribution is 6.37. The van der Waals surface area contributed by atoms with Crippen molar-refractivity contribution in [2.75, 3.05) is 13.6 Å². The molecule has 6 heteroatoms. The zero-order chi connectivity index (χ0) is 15.1. The lowest BCUT2D eigenvalue weighted by molar-refractivity contribution is -0.137. The number of likely N-dealkylation sites (N-methyl/N-ethyl adjacent to an activating group) is 1. The first-order chi connectivity index (χ1) is 9.41. The molecule has 0 atom stereocenters. The molecule has 4 nitrogen and oxygen atoms in total. The lowest BCUT2D eigenvalue weighted by atomic mass is 10.2. The average Bonchev–Trinajstić information content (AvgIpc) is 2.37. The van der Waals surface area contributed by atoms with E-state index in [0.717, 1.165) is 0 Å². The predicted molar refractivity (Wildman–Crippen MR) is 80.0 cm³/mol. The van der Waals surface area contributed by atoms with Crippen LogP contribution in [0.2, 0.25) is 10.0 Å². The Morgan fingerprint density at radius 2 is 1.90 bits per heavy atom. The minimum atomic E-state index is -0.871. The van der Waals surface area contributed by atoms with E-state index in [1.165, 1.54) is 11.0 Å². The van der Waals surface area contributed by atoms with Crippen LogP contribution in [0.1, 0.15) is 18.4 Å². The van der Waals surface area contributed by atoms with Crippen molar-refractivity contribution in [3.05, 3.63) is 39.9 Å². The van der Waals surface area contributed by atoms with Crippen LogP contribution in [0.4, 0.5) is 0 Å². The molecule has 1 rings (SSSR count). The van der Waals surface area contributed by atoms with Gasteiger partial charge in [0.05, 0.1) is 0 Å². The van der Waals surface area contributed by atoms with Gasteiger partial charge in [0.15, 0.2) is 0 Å². The number of hydrogen-bond acceptors (Lipinski definition) is 2. The molecule has 0 fully saturated rings. The molecule has 0 spiro atoms. The number of carboxylic acids is 1. The monoisotopic (exact) mass is 315 g/mol. The molecule has 0 aliphatic rings. The van der Waals surface area contributed by atoms with E-state index in [4.69, 9.17) is 28.3 Å². The highest BCUT2D eigenvalue weighted by Gasteiger charge is 2.07. The van der Waals surface area contributed by atoms with E-state index in [9.17, 15) is 9.59 Å². The minimum Gasteiger partial charge on any atom is -0.481 e. The molecule has 1 aromatic rings. The second-order valence-electron chi connectivity index (χ2n) is 4.23. The molecular weight excluding hydrogens is 301 g/mol. The summed E-state index contributed by atoms with van der Waals surface area (Å²) in [5.74, 6) is -1.10. The summed E-state index contributed by atoms with van der Waals surface area (Å²) in [6.07, 6.45) is 3.38. The first-order valence-corrected chi connectivity index (χ1v) is 6.76. The second-order valence-corrected chi connectivity index (χ2v) is 5.04. The van der Waals surface area contributed by atoms with Crippen LogP contribution in [-0.2, 0) is 9.59 Å². The molecule has 0 aliphatic carbocycles. The fourth-order valence-corrected chi connectivity index (χ4v) is 2.05. The fraction of sp³-hybridized carbons (Fsp3) is 0.286. The molecule has 1 aromatic carbocycles. The molecule has 20 heavy (non-hydrogen) atoms. The maximum atomic E-state index is 11.8. The average molecular weight is 316 g/mol. The zero-order valence-corrected chi connectivity index (χ0v) is 12.5. The van der Waals surface area contributed by atoms with Crippen molar-refractivity contribution in [2.45, 2.75) is 12.8 Å². The fourth-order valence-electron chi connectivity index (χ4n) is 1.53. The van der Waals surface area contributed by atoms with E-state index in [0.29, 0.717) is 28.6 Å². The molecule has 0 unspecified atom stereocenters. The van der Waals surface area contributed by atoms with Crippen molar-refractivity contribution in [3.8, 4) is 0 Å². The minimum absolute atomic E-state index is 0.0394. The van der Waals surface area contributed by atoms with Crippen molar-refractivity contribution in [3.63, 3.8) is 0 Å². The molecule has 0 heterocycles. The van der Waals surface area contributed by atoms with Gasteiger partial charge in [-0.15, -0.1) is 0 Å². The van der Waals surface area contributed by atoms with Gasteiger partial charge in [-0.05, 0) is 24.6 Å². The summed E-state index contributed by atoms with van der Waals surface area (Å²) in [7, 11) is 1.61. The van der Waals surface area contributed by atoms with Crippen LogP contribution >= 0.6 is 23.2 Å². The quantitative estimate of drug-likeness (QED) is 0.819. The van der Waals surface area contributed by atoms with E-state index in [1.807, 2.05) is 0 Å². The Bertz CT molecular complexity index is 509. The van der Waals surface area contributed by atoms with Crippen LogP contribution in [0.5, 0.6) is 0 Å². The van der Waals surface area contributed by atoms with E-state index in [2.05, 4.69) is 0 Å². The first kappa shape index (κ1) is 16.5. The lowest BCUT2D eigenvalue weighted by Gasteiger charge is -2.14. The molecule has 108 valence electrons. The van der Waals surface area contributed by atoms with E-state index in [-0.39, 0.29) is 12.3 Å². The Morgan fingerprint density at radius 1 is 1.30 bits per heavy atom. The van der Waals surface area contributed by atoms with Gasteiger partial charge in [-0.2, -0.15) is 0 Å². The molecule has 1 N–H and O–H groups in total. The molecular formula is C14H15Cl2NO3. The van der Waals surface area contributed by atoms with Crippen LogP contribution < -0.4 is 0 Å². The Hall–Kier alpha value is -1.52. The molecule has 0 saturated carbocycles. The Balaban J connectivity index is 2.61. The van der Waals surface area contributed by atoms with Crippen LogP contribution in [0, 0.1) is 0 Å². The largest absolute Gasteiger partial charge is 0.481 e. The number of benzene rings is 1. The summed E-state index contributed by atoms with van der Waals surface area (Å²) < 4.78 is 0. The van der Waals surface area contributed by atoms with E-state index in [1.54, 1.807) is 31.3 Å². The predicted octanol–water partition coefficient (Wildman–Crippen LogP) is 3.33. The lowest BCUT2D eigenvalue weighted by Crippen LogP contribution is -2.26. The van der Waals surface area contributed by atoms with E-state index < -0.39 is 5.97 Å². The summed E-state index contributed by atoms with van der Waals surface area (Å²) in [5.41, 5.74) is 0.586. The summed E-state index contributed by atoms with van der Waals surface area (Å²) in [6.45, 7) is 0.381. The highest BCUT2D eigenvalue weighted by atomic mass is 35.5. The Kier molecular flexibility index (Phi) is 6.55. The second kappa shape index (κ2) is 7.92. The van der Waals surface area contributed by atoms with Crippen LogP contribution in [0.15, 0.2) is 24.3 Å². The molecule has 0 bridgehead atoms.